The highest BCUT2D eigenvalue weighted by Crippen LogP contribution is 2.40. The van der Waals surface area contributed by atoms with Crippen molar-refractivity contribution in [3.8, 4) is 23.3 Å². The average Bonchev–Trinajstić information content (AvgIpc) is 2.35. The Hall–Kier alpha value is -0.663. The molecular formula is C19H34Si. The first-order valence-electron chi connectivity index (χ1n) is 8.39. The van der Waals surface area contributed by atoms with Crippen LogP contribution in [0.15, 0.2) is 0 Å². The van der Waals surface area contributed by atoms with Gasteiger partial charge in [-0.2, -0.15) is 0 Å². The van der Waals surface area contributed by atoms with Crippen molar-refractivity contribution in [1.29, 1.82) is 0 Å². The summed E-state index contributed by atoms with van der Waals surface area (Å²) < 4.78 is 0. The zero-order valence-corrected chi connectivity index (χ0v) is 15.8. The summed E-state index contributed by atoms with van der Waals surface area (Å²) >= 11 is 0. The molecule has 0 heterocycles. The molecule has 0 nitrogen and oxygen atoms in total. The van der Waals surface area contributed by atoms with Gasteiger partial charge in [-0.05, 0) is 34.9 Å². The van der Waals surface area contributed by atoms with Gasteiger partial charge in [0.1, 0.15) is 8.07 Å². The van der Waals surface area contributed by atoms with Crippen LogP contribution in [0.3, 0.4) is 0 Å². The molecule has 20 heavy (non-hydrogen) atoms. The maximum absolute atomic E-state index is 3.65. The largest absolute Gasteiger partial charge is 0.147 e. The van der Waals surface area contributed by atoms with E-state index in [0.29, 0.717) is 16.6 Å². The molecule has 1 heteroatoms. The fraction of sp³-hybridized carbons (Fsp3) is 0.789. The lowest BCUT2D eigenvalue weighted by molar-refractivity contribution is 0.680. The predicted molar refractivity (Wildman–Crippen MR) is 95.4 cm³/mol. The summed E-state index contributed by atoms with van der Waals surface area (Å²) in [6.07, 6.45) is 6.16. The highest BCUT2D eigenvalue weighted by molar-refractivity contribution is 6.90. The number of hydrogen-bond donors (Lipinski definition) is 0. The molecule has 0 bridgehead atoms. The van der Waals surface area contributed by atoms with Crippen LogP contribution in [0.5, 0.6) is 0 Å². The van der Waals surface area contributed by atoms with Crippen molar-refractivity contribution in [1.82, 2.24) is 0 Å². The van der Waals surface area contributed by atoms with Crippen LogP contribution in [0.25, 0.3) is 0 Å². The molecule has 0 atom stereocenters. The van der Waals surface area contributed by atoms with Crippen LogP contribution in [0, 0.1) is 23.3 Å². The standard InChI is InChI=1S/C19H34Si/c1-8-9-10-11-12-13-14-15-16-20(17(2)3,18(4)5)19(6)7/h17-19H,8-12H2,1-7H3. The van der Waals surface area contributed by atoms with Crippen LogP contribution < -0.4 is 0 Å². The Bertz CT molecular complexity index is 346. The zero-order valence-electron chi connectivity index (χ0n) is 14.8. The van der Waals surface area contributed by atoms with Crippen molar-refractivity contribution < 1.29 is 0 Å². The van der Waals surface area contributed by atoms with E-state index in [1.807, 2.05) is 0 Å². The van der Waals surface area contributed by atoms with Gasteiger partial charge in [-0.25, -0.2) is 0 Å². The molecule has 0 fully saturated rings. The van der Waals surface area contributed by atoms with Crippen molar-refractivity contribution in [2.75, 3.05) is 0 Å². The van der Waals surface area contributed by atoms with E-state index < -0.39 is 8.07 Å². The number of rotatable bonds is 7. The zero-order chi connectivity index (χ0) is 15.6. The molecule has 0 saturated heterocycles. The monoisotopic (exact) mass is 290 g/mol. The van der Waals surface area contributed by atoms with E-state index in [1.54, 1.807) is 0 Å². The van der Waals surface area contributed by atoms with Crippen LogP contribution >= 0.6 is 0 Å². The summed E-state index contributed by atoms with van der Waals surface area (Å²) in [4.78, 5) is 0. The van der Waals surface area contributed by atoms with Gasteiger partial charge in [0.15, 0.2) is 0 Å². The maximum Gasteiger partial charge on any atom is 0.147 e. The van der Waals surface area contributed by atoms with Crippen molar-refractivity contribution in [3.05, 3.63) is 0 Å². The normalized spacial score (nSPS) is 11.3. The average molecular weight is 291 g/mol. The summed E-state index contributed by atoms with van der Waals surface area (Å²) in [5, 5.41) is 0. The Labute approximate surface area is 129 Å². The van der Waals surface area contributed by atoms with Crippen LogP contribution in [0.4, 0.5) is 0 Å². The van der Waals surface area contributed by atoms with E-state index in [9.17, 15) is 0 Å². The van der Waals surface area contributed by atoms with Crippen LogP contribution in [0.1, 0.15) is 80.6 Å². The van der Waals surface area contributed by atoms with Crippen LogP contribution in [0.2, 0.25) is 16.6 Å². The minimum absolute atomic E-state index is 0.696. The topological polar surface area (TPSA) is 0 Å². The van der Waals surface area contributed by atoms with Crippen molar-refractivity contribution in [2.24, 2.45) is 0 Å². The number of unbranched alkanes of at least 4 members (excludes halogenated alkanes) is 4. The molecular weight excluding hydrogens is 256 g/mol. The van der Waals surface area contributed by atoms with Gasteiger partial charge in [0.2, 0.25) is 0 Å². The van der Waals surface area contributed by atoms with Gasteiger partial charge in [0.25, 0.3) is 0 Å². The van der Waals surface area contributed by atoms with Gasteiger partial charge in [0.05, 0.1) is 0 Å². The molecule has 0 aliphatic rings. The lowest BCUT2D eigenvalue weighted by Gasteiger charge is -2.37. The first-order chi connectivity index (χ1) is 9.39. The van der Waals surface area contributed by atoms with Gasteiger partial charge in [-0.3, -0.25) is 0 Å². The van der Waals surface area contributed by atoms with E-state index in [4.69, 9.17) is 0 Å². The SMILES string of the molecule is CCCCCCC#CC#C[Si](C(C)C)(C(C)C)C(C)C. The summed E-state index contributed by atoms with van der Waals surface area (Å²) in [6.45, 7) is 16.3. The molecule has 0 N–H and O–H groups in total. The predicted octanol–water partition coefficient (Wildman–Crippen LogP) is 6.18. The van der Waals surface area contributed by atoms with Gasteiger partial charge >= 0.3 is 0 Å². The minimum atomic E-state index is -1.57. The Morgan fingerprint density at radius 1 is 0.750 bits per heavy atom. The lowest BCUT2D eigenvalue weighted by atomic mass is 10.2. The summed E-state index contributed by atoms with van der Waals surface area (Å²) in [5.74, 6) is 9.55. The van der Waals surface area contributed by atoms with Gasteiger partial charge in [0, 0.05) is 6.42 Å². The Morgan fingerprint density at radius 3 is 1.75 bits per heavy atom. The lowest BCUT2D eigenvalue weighted by Crippen LogP contribution is -2.43. The molecule has 0 aromatic rings. The van der Waals surface area contributed by atoms with Crippen molar-refractivity contribution in [3.63, 3.8) is 0 Å². The van der Waals surface area contributed by atoms with Crippen LogP contribution in [-0.4, -0.2) is 8.07 Å². The Kier molecular flexibility index (Phi) is 9.78. The first kappa shape index (κ1) is 19.3. The molecule has 0 radical (unpaired) electrons. The van der Waals surface area contributed by atoms with E-state index in [1.165, 1.54) is 25.7 Å². The van der Waals surface area contributed by atoms with E-state index in [2.05, 4.69) is 71.8 Å². The van der Waals surface area contributed by atoms with Gasteiger partial charge < -0.3 is 0 Å². The van der Waals surface area contributed by atoms with Gasteiger partial charge in [-0.15, -0.1) is 5.54 Å². The third kappa shape index (κ3) is 5.76. The molecule has 0 saturated carbocycles. The van der Waals surface area contributed by atoms with E-state index in [-0.39, 0.29) is 0 Å². The highest BCUT2D eigenvalue weighted by Gasteiger charge is 2.41. The molecule has 0 aromatic heterocycles. The summed E-state index contributed by atoms with van der Waals surface area (Å²) in [5.41, 5.74) is 5.74. The molecule has 0 unspecified atom stereocenters. The molecule has 0 aliphatic carbocycles. The summed E-state index contributed by atoms with van der Waals surface area (Å²) in [7, 11) is -1.57. The Morgan fingerprint density at radius 2 is 1.30 bits per heavy atom. The third-order valence-electron chi connectivity index (χ3n) is 4.45. The van der Waals surface area contributed by atoms with Crippen LogP contribution in [-0.2, 0) is 0 Å². The fourth-order valence-corrected chi connectivity index (χ4v) is 8.46. The smallest absolute Gasteiger partial charge is 0.116 e. The quantitative estimate of drug-likeness (QED) is 0.298. The minimum Gasteiger partial charge on any atom is -0.116 e. The molecule has 0 amide bonds. The molecule has 114 valence electrons. The second kappa shape index (κ2) is 10.1. The van der Waals surface area contributed by atoms with Gasteiger partial charge in [-0.1, -0.05) is 73.6 Å². The third-order valence-corrected chi connectivity index (χ3v) is 10.7. The van der Waals surface area contributed by atoms with E-state index in [0.717, 1.165) is 6.42 Å². The van der Waals surface area contributed by atoms with Crippen molar-refractivity contribution >= 4 is 8.07 Å². The number of hydrogen-bond acceptors (Lipinski definition) is 0. The molecule has 0 aromatic carbocycles. The fourth-order valence-electron chi connectivity index (χ4n) is 3.32. The molecule has 0 aliphatic heterocycles. The Balaban J connectivity index is 4.71. The highest BCUT2D eigenvalue weighted by atomic mass is 28.3. The second-order valence-electron chi connectivity index (χ2n) is 6.76. The molecule has 0 spiro atoms. The first-order valence-corrected chi connectivity index (χ1v) is 10.6. The van der Waals surface area contributed by atoms with Crippen molar-refractivity contribution in [2.45, 2.75) is 97.2 Å². The molecule has 0 rings (SSSR count). The summed E-state index contributed by atoms with van der Waals surface area (Å²) in [6, 6.07) is 0. The second-order valence-corrected chi connectivity index (χ2v) is 12.3. The van der Waals surface area contributed by atoms with E-state index >= 15 is 0 Å². The maximum atomic E-state index is 3.65.